The smallest absolute Gasteiger partial charge is 0.146 e. The minimum Gasteiger partial charge on any atom is -0.317 e. The summed E-state index contributed by atoms with van der Waals surface area (Å²) in [5, 5.41) is 11.8. The highest BCUT2D eigenvalue weighted by Gasteiger charge is 2.31. The van der Waals surface area contributed by atoms with E-state index in [2.05, 4.69) is 47.8 Å². The maximum absolute atomic E-state index is 4.18. The van der Waals surface area contributed by atoms with Gasteiger partial charge in [0.25, 0.3) is 0 Å². The Kier molecular flexibility index (Phi) is 4.05. The largest absolute Gasteiger partial charge is 0.317 e. The molecule has 0 amide bonds. The van der Waals surface area contributed by atoms with Crippen LogP contribution in [0.5, 0.6) is 0 Å². The van der Waals surface area contributed by atoms with Crippen LogP contribution in [0.2, 0.25) is 0 Å². The maximum atomic E-state index is 4.18. The maximum Gasteiger partial charge on any atom is 0.146 e. The van der Waals surface area contributed by atoms with Gasteiger partial charge in [0.2, 0.25) is 0 Å². The molecule has 0 spiro atoms. The van der Waals surface area contributed by atoms with E-state index in [0.717, 1.165) is 24.8 Å². The Hall–Kier alpha value is -0.900. The molecule has 1 aliphatic carbocycles. The van der Waals surface area contributed by atoms with E-state index in [1.165, 1.54) is 19.3 Å². The first kappa shape index (κ1) is 13.5. The summed E-state index contributed by atoms with van der Waals surface area (Å²) in [4.78, 5) is 0. The van der Waals surface area contributed by atoms with E-state index in [4.69, 9.17) is 0 Å². The SMILES string of the molecule is CCn1cnnc1CNC1CC(C)CC(C)(C)C1. The monoisotopic (exact) mass is 250 g/mol. The van der Waals surface area contributed by atoms with Gasteiger partial charge in [-0.05, 0) is 37.5 Å². The molecule has 0 radical (unpaired) electrons. The zero-order valence-electron chi connectivity index (χ0n) is 12.1. The van der Waals surface area contributed by atoms with Gasteiger partial charge in [0.1, 0.15) is 12.2 Å². The van der Waals surface area contributed by atoms with Crippen LogP contribution in [0.15, 0.2) is 6.33 Å². The first-order valence-electron chi connectivity index (χ1n) is 7.10. The van der Waals surface area contributed by atoms with Crippen LogP contribution < -0.4 is 5.32 Å². The first-order chi connectivity index (χ1) is 8.50. The van der Waals surface area contributed by atoms with E-state index >= 15 is 0 Å². The van der Waals surface area contributed by atoms with Gasteiger partial charge in [0.05, 0.1) is 6.54 Å². The third-order valence-electron chi connectivity index (χ3n) is 3.97. The molecule has 1 heterocycles. The van der Waals surface area contributed by atoms with Gasteiger partial charge in [-0.15, -0.1) is 10.2 Å². The van der Waals surface area contributed by atoms with Crippen LogP contribution in [-0.2, 0) is 13.1 Å². The summed E-state index contributed by atoms with van der Waals surface area (Å²) in [6.07, 6.45) is 5.70. The minimum atomic E-state index is 0.466. The Labute approximate surface area is 110 Å². The number of hydrogen-bond donors (Lipinski definition) is 1. The highest BCUT2D eigenvalue weighted by atomic mass is 15.3. The first-order valence-corrected chi connectivity index (χ1v) is 7.10. The van der Waals surface area contributed by atoms with Crippen molar-refractivity contribution in [2.45, 2.75) is 66.1 Å². The van der Waals surface area contributed by atoms with Crippen LogP contribution in [0.1, 0.15) is 52.8 Å². The molecule has 1 fully saturated rings. The molecule has 4 nitrogen and oxygen atoms in total. The average molecular weight is 250 g/mol. The van der Waals surface area contributed by atoms with Gasteiger partial charge in [-0.3, -0.25) is 0 Å². The Morgan fingerprint density at radius 1 is 1.44 bits per heavy atom. The second-order valence-electron chi connectivity index (χ2n) is 6.52. The molecule has 2 unspecified atom stereocenters. The summed E-state index contributed by atoms with van der Waals surface area (Å²) in [6.45, 7) is 11.0. The van der Waals surface area contributed by atoms with Gasteiger partial charge >= 0.3 is 0 Å². The van der Waals surface area contributed by atoms with Gasteiger partial charge in [-0.1, -0.05) is 20.8 Å². The molecule has 18 heavy (non-hydrogen) atoms. The molecule has 1 aromatic rings. The predicted molar refractivity (Wildman–Crippen MR) is 73.1 cm³/mol. The van der Waals surface area contributed by atoms with E-state index in [0.29, 0.717) is 11.5 Å². The average Bonchev–Trinajstić information content (AvgIpc) is 2.70. The molecular formula is C14H26N4. The Balaban J connectivity index is 1.90. The molecule has 4 heteroatoms. The fourth-order valence-electron chi connectivity index (χ4n) is 3.42. The molecule has 102 valence electrons. The number of hydrogen-bond acceptors (Lipinski definition) is 3. The normalized spacial score (nSPS) is 27.3. The third kappa shape index (κ3) is 3.31. The van der Waals surface area contributed by atoms with Gasteiger partial charge in [-0.25, -0.2) is 0 Å². The molecule has 2 atom stereocenters. The van der Waals surface area contributed by atoms with Crippen LogP contribution in [0.3, 0.4) is 0 Å². The van der Waals surface area contributed by atoms with Crippen molar-refractivity contribution in [2.75, 3.05) is 0 Å². The molecule has 0 bridgehead atoms. The van der Waals surface area contributed by atoms with E-state index in [-0.39, 0.29) is 0 Å². The topological polar surface area (TPSA) is 42.7 Å². The zero-order valence-corrected chi connectivity index (χ0v) is 12.1. The van der Waals surface area contributed by atoms with Crippen LogP contribution in [0, 0.1) is 11.3 Å². The number of aromatic nitrogens is 3. The molecule has 1 aliphatic rings. The van der Waals surface area contributed by atoms with Crippen molar-refractivity contribution in [2.24, 2.45) is 11.3 Å². The number of aryl methyl sites for hydroxylation is 1. The Morgan fingerprint density at radius 2 is 2.22 bits per heavy atom. The minimum absolute atomic E-state index is 0.466. The van der Waals surface area contributed by atoms with Crippen molar-refractivity contribution in [3.8, 4) is 0 Å². The molecule has 0 saturated heterocycles. The number of nitrogens with zero attached hydrogens (tertiary/aromatic N) is 3. The van der Waals surface area contributed by atoms with Crippen molar-refractivity contribution in [3.63, 3.8) is 0 Å². The van der Waals surface area contributed by atoms with E-state index < -0.39 is 0 Å². The summed E-state index contributed by atoms with van der Waals surface area (Å²) < 4.78 is 2.10. The van der Waals surface area contributed by atoms with Gasteiger partial charge in [0.15, 0.2) is 0 Å². The van der Waals surface area contributed by atoms with Crippen molar-refractivity contribution >= 4 is 0 Å². The highest BCUT2D eigenvalue weighted by Crippen LogP contribution is 2.38. The van der Waals surface area contributed by atoms with Crippen LogP contribution >= 0.6 is 0 Å². The molecular weight excluding hydrogens is 224 g/mol. The summed E-state index contributed by atoms with van der Waals surface area (Å²) in [5.74, 6) is 1.86. The van der Waals surface area contributed by atoms with E-state index in [9.17, 15) is 0 Å². The predicted octanol–water partition coefficient (Wildman–Crippen LogP) is 2.60. The fraction of sp³-hybridized carbons (Fsp3) is 0.857. The second kappa shape index (κ2) is 5.39. The van der Waals surface area contributed by atoms with Crippen molar-refractivity contribution in [1.82, 2.24) is 20.1 Å². The standard InChI is InChI=1S/C14H26N4/c1-5-18-10-16-17-13(18)9-15-12-6-11(2)7-14(3,4)8-12/h10-12,15H,5-9H2,1-4H3. The molecule has 0 aromatic carbocycles. The summed E-state index contributed by atoms with van der Waals surface area (Å²) in [6, 6.07) is 0.616. The van der Waals surface area contributed by atoms with E-state index in [1.54, 1.807) is 0 Å². The molecule has 0 aliphatic heterocycles. The quantitative estimate of drug-likeness (QED) is 0.893. The van der Waals surface area contributed by atoms with Crippen molar-refractivity contribution in [1.29, 1.82) is 0 Å². The molecule has 1 N–H and O–H groups in total. The van der Waals surface area contributed by atoms with E-state index in [1.807, 2.05) is 6.33 Å². The summed E-state index contributed by atoms with van der Waals surface area (Å²) in [7, 11) is 0. The van der Waals surface area contributed by atoms with Crippen LogP contribution in [0.4, 0.5) is 0 Å². The van der Waals surface area contributed by atoms with Crippen molar-refractivity contribution < 1.29 is 0 Å². The third-order valence-corrected chi connectivity index (χ3v) is 3.97. The van der Waals surface area contributed by atoms with Crippen molar-refractivity contribution in [3.05, 3.63) is 12.2 Å². The molecule has 2 rings (SSSR count). The summed E-state index contributed by atoms with van der Waals surface area (Å²) >= 11 is 0. The lowest BCUT2D eigenvalue weighted by Crippen LogP contribution is -2.40. The number of nitrogens with one attached hydrogen (secondary N) is 1. The van der Waals surface area contributed by atoms with Crippen LogP contribution in [0.25, 0.3) is 0 Å². The molecule has 1 aromatic heterocycles. The lowest BCUT2D eigenvalue weighted by molar-refractivity contribution is 0.150. The van der Waals surface area contributed by atoms with Crippen LogP contribution in [-0.4, -0.2) is 20.8 Å². The Morgan fingerprint density at radius 3 is 2.89 bits per heavy atom. The van der Waals surface area contributed by atoms with Gasteiger partial charge < -0.3 is 9.88 Å². The lowest BCUT2D eigenvalue weighted by atomic mass is 9.70. The summed E-state index contributed by atoms with van der Waals surface area (Å²) in [5.41, 5.74) is 0.466. The number of rotatable bonds is 4. The lowest BCUT2D eigenvalue weighted by Gasteiger charge is -2.39. The highest BCUT2D eigenvalue weighted by molar-refractivity contribution is 4.90. The Bertz CT molecular complexity index is 383. The van der Waals surface area contributed by atoms with Gasteiger partial charge in [-0.2, -0.15) is 0 Å². The molecule has 1 saturated carbocycles. The fourth-order valence-corrected chi connectivity index (χ4v) is 3.42. The second-order valence-corrected chi connectivity index (χ2v) is 6.52. The van der Waals surface area contributed by atoms with Gasteiger partial charge in [0, 0.05) is 12.6 Å². The zero-order chi connectivity index (χ0) is 13.2.